The highest BCUT2D eigenvalue weighted by Crippen LogP contribution is 2.41. The van der Waals surface area contributed by atoms with Crippen molar-refractivity contribution in [3.05, 3.63) is 109 Å². The highest BCUT2D eigenvalue weighted by Gasteiger charge is 2.52. The van der Waals surface area contributed by atoms with Gasteiger partial charge in [0.25, 0.3) is 8.32 Å². The molecule has 1 saturated heterocycles. The van der Waals surface area contributed by atoms with Crippen molar-refractivity contribution in [1.82, 2.24) is 0 Å². The maximum absolute atomic E-state index is 13.4. The molecule has 6 heteroatoms. The standard InChI is InChI=1S/C36H44O5Si/c1-5-28(26-39-42(35(2,3)4,30-20-12-7-13-21-30)31-22-14-8-15-23-31)33(40-34(37)29-18-10-6-11-19-29)32-27-38-36(41-32)24-16-9-17-25-36/h5-8,10-15,18-23,28,32-33H,1,9,16-17,24-27H2,2-4H3/t28-,32+,33-/m0/s1. The second kappa shape index (κ2) is 13.1. The SMILES string of the molecule is C=C[C@@H](CO[Si](c1ccccc1)(c1ccccc1)C(C)(C)C)[C@H](OC(=O)c1ccccc1)[C@H]1COC2(CCCCC2)O1. The van der Waals surface area contributed by atoms with Gasteiger partial charge in [-0.2, -0.15) is 0 Å². The van der Waals surface area contributed by atoms with E-state index in [0.29, 0.717) is 18.8 Å². The van der Waals surface area contributed by atoms with Crippen LogP contribution in [-0.4, -0.2) is 45.5 Å². The molecule has 1 saturated carbocycles. The van der Waals surface area contributed by atoms with Crippen LogP contribution in [-0.2, 0) is 18.6 Å². The first-order valence-corrected chi connectivity index (χ1v) is 17.1. The van der Waals surface area contributed by atoms with Crippen molar-refractivity contribution in [1.29, 1.82) is 0 Å². The van der Waals surface area contributed by atoms with Gasteiger partial charge >= 0.3 is 5.97 Å². The number of hydrogen-bond donors (Lipinski definition) is 0. The van der Waals surface area contributed by atoms with Crippen LogP contribution in [0.5, 0.6) is 0 Å². The Balaban J connectivity index is 1.48. The predicted molar refractivity (Wildman–Crippen MR) is 170 cm³/mol. The van der Waals surface area contributed by atoms with Gasteiger partial charge in [-0.05, 0) is 40.4 Å². The quantitative estimate of drug-likeness (QED) is 0.151. The van der Waals surface area contributed by atoms with Gasteiger partial charge in [0.2, 0.25) is 0 Å². The molecule has 3 aromatic rings. The van der Waals surface area contributed by atoms with Crippen molar-refractivity contribution in [2.24, 2.45) is 5.92 Å². The summed E-state index contributed by atoms with van der Waals surface area (Å²) < 4.78 is 26.5. The number of rotatable bonds is 10. The van der Waals surface area contributed by atoms with E-state index in [0.717, 1.165) is 25.7 Å². The molecule has 222 valence electrons. The Morgan fingerprint density at radius 1 is 0.929 bits per heavy atom. The normalized spacial score (nSPS) is 20.1. The van der Waals surface area contributed by atoms with Crippen LogP contribution in [0.15, 0.2) is 104 Å². The first kappa shape index (κ1) is 30.4. The van der Waals surface area contributed by atoms with Crippen LogP contribution in [0.2, 0.25) is 5.04 Å². The van der Waals surface area contributed by atoms with Gasteiger partial charge in [-0.25, -0.2) is 4.79 Å². The first-order chi connectivity index (χ1) is 20.3. The monoisotopic (exact) mass is 584 g/mol. The zero-order chi connectivity index (χ0) is 29.6. The van der Waals surface area contributed by atoms with Crippen LogP contribution in [0, 0.1) is 5.92 Å². The molecule has 1 aliphatic heterocycles. The van der Waals surface area contributed by atoms with Crippen molar-refractivity contribution in [3.63, 3.8) is 0 Å². The summed E-state index contributed by atoms with van der Waals surface area (Å²) in [6.07, 6.45) is 5.88. The molecular formula is C36H44O5Si. The van der Waals surface area contributed by atoms with Crippen molar-refractivity contribution < 1.29 is 23.4 Å². The second-order valence-corrected chi connectivity index (χ2v) is 16.9. The highest BCUT2D eigenvalue weighted by atomic mass is 28.4. The van der Waals surface area contributed by atoms with Crippen LogP contribution < -0.4 is 10.4 Å². The smallest absolute Gasteiger partial charge is 0.338 e. The predicted octanol–water partition coefficient (Wildman–Crippen LogP) is 6.67. The number of carbonyl (C=O) groups excluding carboxylic acids is 1. The summed E-state index contributed by atoms with van der Waals surface area (Å²) in [5.74, 6) is -1.29. The van der Waals surface area contributed by atoms with E-state index < -0.39 is 26.3 Å². The third-order valence-corrected chi connectivity index (χ3v) is 13.7. The Kier molecular flexibility index (Phi) is 9.48. The summed E-state index contributed by atoms with van der Waals surface area (Å²) in [4.78, 5) is 13.4. The highest BCUT2D eigenvalue weighted by molar-refractivity contribution is 6.99. The lowest BCUT2D eigenvalue weighted by atomic mass is 9.94. The van der Waals surface area contributed by atoms with Gasteiger partial charge < -0.3 is 18.6 Å². The van der Waals surface area contributed by atoms with E-state index in [2.05, 4.69) is 75.9 Å². The Bertz CT molecular complexity index is 1260. The van der Waals surface area contributed by atoms with E-state index in [1.807, 2.05) is 36.4 Å². The molecule has 0 amide bonds. The number of ether oxygens (including phenoxy) is 3. The lowest BCUT2D eigenvalue weighted by Gasteiger charge is -2.44. The Morgan fingerprint density at radius 3 is 2.00 bits per heavy atom. The van der Waals surface area contributed by atoms with Gasteiger partial charge in [0, 0.05) is 25.4 Å². The number of benzene rings is 3. The third kappa shape index (κ3) is 6.32. The maximum Gasteiger partial charge on any atom is 0.338 e. The molecule has 42 heavy (non-hydrogen) atoms. The lowest BCUT2D eigenvalue weighted by molar-refractivity contribution is -0.198. The van der Waals surface area contributed by atoms with Crippen molar-refractivity contribution in [3.8, 4) is 0 Å². The number of esters is 1. The summed E-state index contributed by atoms with van der Waals surface area (Å²) in [7, 11) is -2.82. The summed E-state index contributed by atoms with van der Waals surface area (Å²) in [6, 6.07) is 30.3. The molecule has 1 spiro atoms. The van der Waals surface area contributed by atoms with Crippen LogP contribution >= 0.6 is 0 Å². The summed E-state index contributed by atoms with van der Waals surface area (Å²) in [5, 5.41) is 2.22. The van der Waals surface area contributed by atoms with Crippen molar-refractivity contribution >= 4 is 24.7 Å². The maximum atomic E-state index is 13.4. The Hall–Kier alpha value is -3.03. The zero-order valence-corrected chi connectivity index (χ0v) is 26.2. The van der Waals surface area contributed by atoms with Gasteiger partial charge in [0.1, 0.15) is 12.2 Å². The second-order valence-electron chi connectivity index (χ2n) is 12.5. The Labute approximate surface area is 252 Å². The third-order valence-electron chi connectivity index (χ3n) is 8.75. The summed E-state index contributed by atoms with van der Waals surface area (Å²) in [5.41, 5.74) is 0.504. The van der Waals surface area contributed by atoms with E-state index in [1.165, 1.54) is 16.8 Å². The fourth-order valence-electron chi connectivity index (χ4n) is 6.58. The van der Waals surface area contributed by atoms with Crippen molar-refractivity contribution in [2.45, 2.75) is 75.9 Å². The van der Waals surface area contributed by atoms with Gasteiger partial charge in [-0.15, -0.1) is 6.58 Å². The topological polar surface area (TPSA) is 54.0 Å². The summed E-state index contributed by atoms with van der Waals surface area (Å²) >= 11 is 0. The van der Waals surface area contributed by atoms with Crippen LogP contribution in [0.25, 0.3) is 0 Å². The Morgan fingerprint density at radius 2 is 1.48 bits per heavy atom. The fraction of sp³-hybridized carbons (Fsp3) is 0.417. The largest absolute Gasteiger partial charge is 0.455 e. The fourth-order valence-corrected chi connectivity index (χ4v) is 11.2. The molecule has 1 aliphatic carbocycles. The minimum absolute atomic E-state index is 0.184. The molecule has 5 nitrogen and oxygen atoms in total. The molecule has 3 atom stereocenters. The molecular weight excluding hydrogens is 540 g/mol. The van der Waals surface area contributed by atoms with Gasteiger partial charge in [-0.1, -0.05) is 112 Å². The van der Waals surface area contributed by atoms with E-state index in [-0.39, 0.29) is 16.9 Å². The first-order valence-electron chi connectivity index (χ1n) is 15.2. The molecule has 1 heterocycles. The molecule has 0 aromatic heterocycles. The van der Waals surface area contributed by atoms with Crippen molar-refractivity contribution in [2.75, 3.05) is 13.2 Å². The average molecular weight is 585 g/mol. The average Bonchev–Trinajstić information content (AvgIpc) is 3.42. The van der Waals surface area contributed by atoms with E-state index in [4.69, 9.17) is 18.6 Å². The molecule has 0 radical (unpaired) electrons. The minimum atomic E-state index is -2.82. The van der Waals surface area contributed by atoms with E-state index in [9.17, 15) is 4.79 Å². The molecule has 3 aromatic carbocycles. The molecule has 0 N–H and O–H groups in total. The zero-order valence-electron chi connectivity index (χ0n) is 25.2. The molecule has 0 bridgehead atoms. The lowest BCUT2D eigenvalue weighted by Crippen LogP contribution is -2.67. The van der Waals surface area contributed by atoms with Gasteiger partial charge in [0.05, 0.1) is 12.2 Å². The van der Waals surface area contributed by atoms with E-state index >= 15 is 0 Å². The molecule has 5 rings (SSSR count). The van der Waals surface area contributed by atoms with Gasteiger partial charge in [-0.3, -0.25) is 0 Å². The molecule has 2 aliphatic rings. The molecule has 2 fully saturated rings. The van der Waals surface area contributed by atoms with Crippen LogP contribution in [0.1, 0.15) is 63.2 Å². The molecule has 0 unspecified atom stereocenters. The van der Waals surface area contributed by atoms with Gasteiger partial charge in [0.15, 0.2) is 5.79 Å². The van der Waals surface area contributed by atoms with E-state index in [1.54, 1.807) is 12.1 Å². The minimum Gasteiger partial charge on any atom is -0.455 e. The van der Waals surface area contributed by atoms with Crippen LogP contribution in [0.4, 0.5) is 0 Å². The van der Waals surface area contributed by atoms with Crippen LogP contribution in [0.3, 0.4) is 0 Å². The summed E-state index contributed by atoms with van der Waals surface area (Å²) in [6.45, 7) is 11.7. The number of hydrogen-bond acceptors (Lipinski definition) is 5. The number of carbonyl (C=O) groups is 1.